The van der Waals surface area contributed by atoms with E-state index in [2.05, 4.69) is 5.32 Å². The predicted molar refractivity (Wildman–Crippen MR) is 127 cm³/mol. The first kappa shape index (κ1) is 22.9. The van der Waals surface area contributed by atoms with Gasteiger partial charge >= 0.3 is 6.03 Å². The zero-order chi connectivity index (χ0) is 22.7. The number of benzene rings is 2. The maximum Gasteiger partial charge on any atom is 0.321 e. The molecule has 2 aromatic rings. The zero-order valence-electron chi connectivity index (χ0n) is 18.1. The van der Waals surface area contributed by atoms with Crippen molar-refractivity contribution < 1.29 is 14.3 Å². The van der Waals surface area contributed by atoms with E-state index in [0.29, 0.717) is 68.0 Å². The summed E-state index contributed by atoms with van der Waals surface area (Å²) in [4.78, 5) is 30.0. The molecule has 2 aliphatic rings. The van der Waals surface area contributed by atoms with Gasteiger partial charge in [-0.25, -0.2) is 4.79 Å². The number of piperazine rings is 1. The van der Waals surface area contributed by atoms with Crippen LogP contribution in [0.5, 0.6) is 0 Å². The average Bonchev–Trinajstić information content (AvgIpc) is 2.81. The summed E-state index contributed by atoms with van der Waals surface area (Å²) < 4.78 is 5.56. The molecule has 2 saturated heterocycles. The number of hydrogen-bond donors (Lipinski definition) is 1. The van der Waals surface area contributed by atoms with Crippen molar-refractivity contribution in [2.24, 2.45) is 0 Å². The van der Waals surface area contributed by atoms with E-state index < -0.39 is 5.41 Å². The minimum atomic E-state index is -0.633. The van der Waals surface area contributed by atoms with Crippen molar-refractivity contribution in [3.05, 3.63) is 63.6 Å². The number of nitrogens with zero attached hydrogens (tertiary/aromatic N) is 2. The van der Waals surface area contributed by atoms with Crippen LogP contribution in [0.2, 0.25) is 10.0 Å². The quantitative estimate of drug-likeness (QED) is 0.697. The van der Waals surface area contributed by atoms with Crippen LogP contribution in [-0.2, 0) is 14.9 Å². The van der Waals surface area contributed by atoms with Crippen LogP contribution < -0.4 is 5.32 Å². The molecule has 3 amide bonds. The fraction of sp³-hybridized carbons (Fsp3) is 0.417. The highest BCUT2D eigenvalue weighted by atomic mass is 35.5. The molecule has 2 aromatic carbocycles. The van der Waals surface area contributed by atoms with Gasteiger partial charge in [-0.1, -0.05) is 41.4 Å². The summed E-state index contributed by atoms with van der Waals surface area (Å²) in [5, 5.41) is 4.13. The third-order valence-electron chi connectivity index (χ3n) is 6.41. The highest BCUT2D eigenvalue weighted by Crippen LogP contribution is 2.38. The Morgan fingerprint density at radius 2 is 1.66 bits per heavy atom. The van der Waals surface area contributed by atoms with Gasteiger partial charge in [0.1, 0.15) is 0 Å². The van der Waals surface area contributed by atoms with Crippen LogP contribution in [0.4, 0.5) is 10.5 Å². The lowest BCUT2D eigenvalue weighted by Crippen LogP contribution is -2.57. The number of rotatable bonds is 3. The van der Waals surface area contributed by atoms with E-state index in [1.165, 1.54) is 0 Å². The van der Waals surface area contributed by atoms with Gasteiger partial charge in [0, 0.05) is 55.1 Å². The van der Waals surface area contributed by atoms with E-state index in [1.54, 1.807) is 11.0 Å². The summed E-state index contributed by atoms with van der Waals surface area (Å²) >= 11 is 12.4. The summed E-state index contributed by atoms with van der Waals surface area (Å²) in [7, 11) is 0. The van der Waals surface area contributed by atoms with E-state index in [9.17, 15) is 9.59 Å². The lowest BCUT2D eigenvalue weighted by atomic mass is 9.73. The van der Waals surface area contributed by atoms with Gasteiger partial charge in [-0.15, -0.1) is 0 Å². The molecular weight excluding hydrogens is 449 g/mol. The van der Waals surface area contributed by atoms with Crippen LogP contribution in [0.1, 0.15) is 24.0 Å². The van der Waals surface area contributed by atoms with Gasteiger partial charge in [0.05, 0.1) is 5.41 Å². The molecule has 32 heavy (non-hydrogen) atoms. The molecule has 6 nitrogen and oxygen atoms in total. The second kappa shape index (κ2) is 9.69. The van der Waals surface area contributed by atoms with Crippen molar-refractivity contribution in [3.63, 3.8) is 0 Å². The highest BCUT2D eigenvalue weighted by molar-refractivity contribution is 6.31. The van der Waals surface area contributed by atoms with E-state index in [4.69, 9.17) is 27.9 Å². The van der Waals surface area contributed by atoms with Crippen LogP contribution in [0, 0.1) is 6.92 Å². The van der Waals surface area contributed by atoms with Crippen molar-refractivity contribution in [3.8, 4) is 0 Å². The van der Waals surface area contributed by atoms with Gasteiger partial charge in [-0.2, -0.15) is 0 Å². The molecule has 0 aromatic heterocycles. The first-order valence-electron chi connectivity index (χ1n) is 10.8. The number of hydrogen-bond acceptors (Lipinski definition) is 3. The third-order valence-corrected chi connectivity index (χ3v) is 7.05. The number of carbonyl (C=O) groups excluding carboxylic acids is 2. The number of nitrogens with one attached hydrogen (secondary N) is 1. The van der Waals surface area contributed by atoms with Gasteiger partial charge in [0.2, 0.25) is 5.91 Å². The van der Waals surface area contributed by atoms with Crippen LogP contribution in [0.3, 0.4) is 0 Å². The largest absolute Gasteiger partial charge is 0.381 e. The van der Waals surface area contributed by atoms with Gasteiger partial charge < -0.3 is 19.9 Å². The van der Waals surface area contributed by atoms with Gasteiger partial charge in [-0.05, 0) is 55.2 Å². The monoisotopic (exact) mass is 475 g/mol. The third kappa shape index (κ3) is 4.72. The highest BCUT2D eigenvalue weighted by Gasteiger charge is 2.44. The first-order valence-corrected chi connectivity index (χ1v) is 11.6. The molecule has 0 radical (unpaired) electrons. The van der Waals surface area contributed by atoms with Gasteiger partial charge in [0.15, 0.2) is 0 Å². The Kier molecular flexibility index (Phi) is 6.93. The molecule has 8 heteroatoms. The number of anilines is 1. The smallest absolute Gasteiger partial charge is 0.321 e. The van der Waals surface area contributed by atoms with Crippen LogP contribution in [0.25, 0.3) is 0 Å². The Labute approximate surface area is 198 Å². The maximum atomic E-state index is 13.7. The molecule has 4 rings (SSSR count). The fourth-order valence-electron chi connectivity index (χ4n) is 4.42. The Morgan fingerprint density at radius 1 is 0.969 bits per heavy atom. The molecule has 0 atom stereocenters. The number of halogens is 2. The summed E-state index contributed by atoms with van der Waals surface area (Å²) in [6, 6.07) is 12.8. The Hall–Kier alpha value is -2.28. The maximum absolute atomic E-state index is 13.7. The number of carbonyl (C=O) groups is 2. The van der Waals surface area contributed by atoms with Crippen LogP contribution >= 0.6 is 23.2 Å². The molecule has 2 aliphatic heterocycles. The van der Waals surface area contributed by atoms with Gasteiger partial charge in [-0.3, -0.25) is 4.79 Å². The summed E-state index contributed by atoms with van der Waals surface area (Å²) in [5.74, 6) is 0.0911. The lowest BCUT2D eigenvalue weighted by molar-refractivity contribution is -0.142. The molecule has 0 spiro atoms. The normalized spacial score (nSPS) is 18.3. The molecular formula is C24H27Cl2N3O3. The summed E-state index contributed by atoms with van der Waals surface area (Å²) in [6.07, 6.45) is 1.25. The van der Waals surface area contributed by atoms with Crippen molar-refractivity contribution in [1.29, 1.82) is 0 Å². The molecule has 1 N–H and O–H groups in total. The number of amides is 3. The van der Waals surface area contributed by atoms with E-state index in [0.717, 1.165) is 11.1 Å². The molecule has 170 valence electrons. The second-order valence-electron chi connectivity index (χ2n) is 8.38. The minimum absolute atomic E-state index is 0.0911. The molecule has 0 unspecified atom stereocenters. The molecule has 2 heterocycles. The summed E-state index contributed by atoms with van der Waals surface area (Å²) in [6.45, 7) is 4.92. The van der Waals surface area contributed by atoms with E-state index >= 15 is 0 Å². The SMILES string of the molecule is Cc1ccc(NC(=O)N2CCN(C(=O)C3(c4cccc(Cl)c4)CCOCC3)CC2)cc1Cl. The summed E-state index contributed by atoms with van der Waals surface area (Å²) in [5.41, 5.74) is 1.92. The second-order valence-corrected chi connectivity index (χ2v) is 9.22. The predicted octanol–water partition coefficient (Wildman–Crippen LogP) is 4.73. The van der Waals surface area contributed by atoms with E-state index in [1.807, 2.05) is 48.2 Å². The average molecular weight is 476 g/mol. The Balaban J connectivity index is 1.42. The minimum Gasteiger partial charge on any atom is -0.381 e. The molecule has 0 bridgehead atoms. The first-order chi connectivity index (χ1) is 15.4. The number of aryl methyl sites for hydroxylation is 1. The van der Waals surface area contributed by atoms with Gasteiger partial charge in [0.25, 0.3) is 0 Å². The van der Waals surface area contributed by atoms with Crippen molar-refractivity contribution in [2.45, 2.75) is 25.2 Å². The molecule has 2 fully saturated rings. The van der Waals surface area contributed by atoms with Crippen molar-refractivity contribution >= 4 is 40.8 Å². The van der Waals surface area contributed by atoms with Crippen molar-refractivity contribution in [2.75, 3.05) is 44.7 Å². The standard InChI is InChI=1S/C24H27Cl2N3O3/c1-17-5-6-20(16-21(17)26)27-23(31)29-11-9-28(10-12-29)22(30)24(7-13-32-14-8-24)18-3-2-4-19(25)15-18/h2-6,15-16H,7-14H2,1H3,(H,27,31). The van der Waals surface area contributed by atoms with Crippen molar-refractivity contribution in [1.82, 2.24) is 9.80 Å². The molecule has 0 aliphatic carbocycles. The topological polar surface area (TPSA) is 61.9 Å². The Bertz CT molecular complexity index is 1000. The zero-order valence-corrected chi connectivity index (χ0v) is 19.6. The molecule has 0 saturated carbocycles. The number of ether oxygens (including phenoxy) is 1. The lowest BCUT2D eigenvalue weighted by Gasteiger charge is -2.43. The fourth-order valence-corrected chi connectivity index (χ4v) is 4.79. The number of urea groups is 1. The Morgan fingerprint density at radius 3 is 2.31 bits per heavy atom. The van der Waals surface area contributed by atoms with E-state index in [-0.39, 0.29) is 11.9 Å². The van der Waals surface area contributed by atoms with Crippen LogP contribution in [0.15, 0.2) is 42.5 Å². The van der Waals surface area contributed by atoms with Crippen LogP contribution in [-0.4, -0.2) is 61.1 Å².